The number of amides is 2. The number of aromatic nitrogens is 1. The van der Waals surface area contributed by atoms with Crippen LogP contribution in [-0.2, 0) is 4.79 Å². The topological polar surface area (TPSA) is 71.1 Å². The summed E-state index contributed by atoms with van der Waals surface area (Å²) in [5.41, 5.74) is 6.71. The van der Waals surface area contributed by atoms with Gasteiger partial charge in [-0.15, -0.1) is 11.3 Å². The molecule has 3 aromatic rings. The van der Waals surface area contributed by atoms with Crippen LogP contribution in [0.3, 0.4) is 0 Å². The molecule has 0 aliphatic heterocycles. The van der Waals surface area contributed by atoms with Gasteiger partial charge in [-0.1, -0.05) is 42.5 Å². The van der Waals surface area contributed by atoms with Crippen molar-refractivity contribution in [2.45, 2.75) is 6.92 Å². The van der Waals surface area contributed by atoms with Crippen LogP contribution in [0.1, 0.15) is 20.9 Å². The van der Waals surface area contributed by atoms with E-state index in [9.17, 15) is 14.0 Å². The quantitative estimate of drug-likeness (QED) is 0.534. The number of thiazole rings is 1. The molecule has 0 fully saturated rings. The second-order valence-corrected chi connectivity index (χ2v) is 6.63. The van der Waals surface area contributed by atoms with Gasteiger partial charge in [0.2, 0.25) is 0 Å². The van der Waals surface area contributed by atoms with Gasteiger partial charge in [0.25, 0.3) is 11.8 Å². The Kier molecular flexibility index (Phi) is 5.73. The first-order chi connectivity index (χ1) is 13.0. The molecular weight excluding hydrogens is 365 g/mol. The van der Waals surface area contributed by atoms with Crippen molar-refractivity contribution in [3.8, 4) is 10.6 Å². The zero-order valence-electron chi connectivity index (χ0n) is 14.4. The number of rotatable bonds is 4. The van der Waals surface area contributed by atoms with Gasteiger partial charge in [-0.05, 0) is 30.7 Å². The molecule has 1 heterocycles. The average molecular weight is 381 g/mol. The molecule has 0 spiro atoms. The molecule has 0 bridgehead atoms. The molecule has 2 amide bonds. The Morgan fingerprint density at radius 2 is 1.85 bits per heavy atom. The number of nitrogens with one attached hydrogen (secondary N) is 2. The van der Waals surface area contributed by atoms with E-state index in [2.05, 4.69) is 15.8 Å². The minimum absolute atomic E-state index is 0.388. The molecule has 0 aliphatic rings. The van der Waals surface area contributed by atoms with Crippen LogP contribution in [0, 0.1) is 12.7 Å². The zero-order chi connectivity index (χ0) is 19.2. The minimum Gasteiger partial charge on any atom is -0.268 e. The molecule has 0 saturated carbocycles. The highest BCUT2D eigenvalue weighted by Crippen LogP contribution is 2.27. The van der Waals surface area contributed by atoms with Crippen molar-refractivity contribution in [2.24, 2.45) is 0 Å². The van der Waals surface area contributed by atoms with Gasteiger partial charge in [-0.25, -0.2) is 9.37 Å². The Labute approximate surface area is 159 Å². The number of hydrogen-bond donors (Lipinski definition) is 2. The lowest BCUT2D eigenvalue weighted by Crippen LogP contribution is -2.40. The molecule has 2 aromatic carbocycles. The Balaban J connectivity index is 1.61. The molecule has 5 nitrogen and oxygen atoms in total. The summed E-state index contributed by atoms with van der Waals surface area (Å²) in [5.74, 6) is -1.36. The number of carbonyl (C=O) groups is 2. The van der Waals surface area contributed by atoms with Crippen molar-refractivity contribution in [3.05, 3.63) is 82.6 Å². The number of nitrogens with zero attached hydrogens (tertiary/aromatic N) is 1. The molecule has 7 heteroatoms. The van der Waals surface area contributed by atoms with Gasteiger partial charge in [-0.2, -0.15) is 0 Å². The highest BCUT2D eigenvalue weighted by atomic mass is 32.1. The standard InChI is InChI=1S/C20H16FN3O2S/c1-13-18(27-20(22-13)15-7-3-2-4-8-15)19(26)24-23-17(25)11-10-14-6-5-9-16(21)12-14/h2-12H,1H3,(H,23,25)(H,24,26)/b11-10+. The SMILES string of the molecule is Cc1nc(-c2ccccc2)sc1C(=O)NNC(=O)/C=C/c1cccc(F)c1. The summed E-state index contributed by atoms with van der Waals surface area (Å²) in [4.78, 5) is 29.0. The van der Waals surface area contributed by atoms with Gasteiger partial charge in [0, 0.05) is 11.6 Å². The van der Waals surface area contributed by atoms with E-state index in [0.717, 1.165) is 10.6 Å². The van der Waals surface area contributed by atoms with E-state index < -0.39 is 11.8 Å². The van der Waals surface area contributed by atoms with Crippen LogP contribution in [0.15, 0.2) is 60.7 Å². The van der Waals surface area contributed by atoms with Gasteiger partial charge in [0.15, 0.2) is 0 Å². The summed E-state index contributed by atoms with van der Waals surface area (Å²) in [6.45, 7) is 1.74. The summed E-state index contributed by atoms with van der Waals surface area (Å²) >= 11 is 1.25. The smallest absolute Gasteiger partial charge is 0.268 e. The van der Waals surface area contributed by atoms with E-state index in [1.807, 2.05) is 30.3 Å². The van der Waals surface area contributed by atoms with Crippen molar-refractivity contribution < 1.29 is 14.0 Å². The van der Waals surface area contributed by atoms with Gasteiger partial charge in [0.05, 0.1) is 5.69 Å². The molecule has 1 aromatic heterocycles. The Bertz CT molecular complexity index is 999. The van der Waals surface area contributed by atoms with Crippen molar-refractivity contribution in [3.63, 3.8) is 0 Å². The Morgan fingerprint density at radius 3 is 2.59 bits per heavy atom. The number of carbonyl (C=O) groups excluding carboxylic acids is 2. The largest absolute Gasteiger partial charge is 0.281 e. The lowest BCUT2D eigenvalue weighted by atomic mass is 10.2. The van der Waals surface area contributed by atoms with Crippen LogP contribution in [0.2, 0.25) is 0 Å². The molecule has 3 rings (SSSR count). The average Bonchev–Trinajstić information content (AvgIpc) is 3.07. The molecule has 0 saturated heterocycles. The molecule has 0 aliphatic carbocycles. The summed E-state index contributed by atoms with van der Waals surface area (Å²) in [5, 5.41) is 0.732. The fourth-order valence-electron chi connectivity index (χ4n) is 2.31. The highest BCUT2D eigenvalue weighted by Gasteiger charge is 2.16. The molecule has 0 radical (unpaired) electrons. The maximum absolute atomic E-state index is 13.1. The summed E-state index contributed by atoms with van der Waals surface area (Å²) < 4.78 is 13.1. The minimum atomic E-state index is -0.530. The van der Waals surface area contributed by atoms with E-state index in [4.69, 9.17) is 0 Å². The second-order valence-electron chi connectivity index (χ2n) is 5.63. The lowest BCUT2D eigenvalue weighted by molar-refractivity contribution is -0.117. The van der Waals surface area contributed by atoms with Gasteiger partial charge < -0.3 is 0 Å². The molecular formula is C20H16FN3O2S. The lowest BCUT2D eigenvalue weighted by Gasteiger charge is -2.03. The third kappa shape index (κ3) is 4.86. The maximum atomic E-state index is 13.1. The zero-order valence-corrected chi connectivity index (χ0v) is 15.2. The molecule has 0 unspecified atom stereocenters. The monoisotopic (exact) mass is 381 g/mol. The summed E-state index contributed by atoms with van der Waals surface area (Å²) in [6, 6.07) is 15.4. The van der Waals surface area contributed by atoms with Crippen LogP contribution in [0.5, 0.6) is 0 Å². The van der Waals surface area contributed by atoms with Crippen molar-refractivity contribution in [2.75, 3.05) is 0 Å². The first-order valence-electron chi connectivity index (χ1n) is 8.10. The molecule has 27 heavy (non-hydrogen) atoms. The molecule has 0 atom stereocenters. The van der Waals surface area contributed by atoms with Crippen molar-refractivity contribution in [1.82, 2.24) is 15.8 Å². The normalized spacial score (nSPS) is 10.7. The summed E-state index contributed by atoms with van der Waals surface area (Å²) in [6.07, 6.45) is 2.67. The number of halogens is 1. The number of benzene rings is 2. The van der Waals surface area contributed by atoms with Crippen LogP contribution >= 0.6 is 11.3 Å². The van der Waals surface area contributed by atoms with E-state index >= 15 is 0 Å². The molecule has 2 N–H and O–H groups in total. The highest BCUT2D eigenvalue weighted by molar-refractivity contribution is 7.17. The van der Waals surface area contributed by atoms with E-state index in [1.165, 1.54) is 35.6 Å². The van der Waals surface area contributed by atoms with Crippen LogP contribution < -0.4 is 10.9 Å². The van der Waals surface area contributed by atoms with E-state index in [1.54, 1.807) is 19.1 Å². The van der Waals surface area contributed by atoms with Crippen molar-refractivity contribution >= 4 is 29.2 Å². The predicted octanol–water partition coefficient (Wildman–Crippen LogP) is 3.73. The Morgan fingerprint density at radius 1 is 1.07 bits per heavy atom. The number of hydrogen-bond acceptors (Lipinski definition) is 4. The van der Waals surface area contributed by atoms with Crippen LogP contribution in [-0.4, -0.2) is 16.8 Å². The van der Waals surface area contributed by atoms with E-state index in [0.29, 0.717) is 16.1 Å². The summed E-state index contributed by atoms with van der Waals surface area (Å²) in [7, 11) is 0. The van der Waals surface area contributed by atoms with Crippen LogP contribution in [0.4, 0.5) is 4.39 Å². The first kappa shape index (κ1) is 18.5. The van der Waals surface area contributed by atoms with Gasteiger partial charge in [-0.3, -0.25) is 20.4 Å². The predicted molar refractivity (Wildman–Crippen MR) is 103 cm³/mol. The maximum Gasteiger partial charge on any atom is 0.281 e. The van der Waals surface area contributed by atoms with Gasteiger partial charge >= 0.3 is 0 Å². The third-order valence-corrected chi connectivity index (χ3v) is 4.80. The number of hydrazine groups is 1. The fraction of sp³-hybridized carbons (Fsp3) is 0.0500. The Hall–Kier alpha value is -3.32. The first-order valence-corrected chi connectivity index (χ1v) is 8.91. The fourth-order valence-corrected chi connectivity index (χ4v) is 3.28. The third-order valence-electron chi connectivity index (χ3n) is 3.60. The number of aryl methyl sites for hydroxylation is 1. The molecule has 136 valence electrons. The van der Waals surface area contributed by atoms with Crippen molar-refractivity contribution in [1.29, 1.82) is 0 Å². The van der Waals surface area contributed by atoms with Gasteiger partial charge in [0.1, 0.15) is 15.7 Å². The van der Waals surface area contributed by atoms with Crippen LogP contribution in [0.25, 0.3) is 16.6 Å². The van der Waals surface area contributed by atoms with E-state index in [-0.39, 0.29) is 5.82 Å². The second kappa shape index (κ2) is 8.37.